The minimum Gasteiger partial charge on any atom is -0.309 e. The number of unbranched alkanes of at least 4 members (excludes halogenated alkanes) is 11. The smallest absolute Gasteiger partial charge is 0.267 e. The third-order valence-electron chi connectivity index (χ3n) is 4.70. The van der Waals surface area contributed by atoms with E-state index >= 15 is 0 Å². The molecule has 0 aliphatic heterocycles. The lowest BCUT2D eigenvalue weighted by molar-refractivity contribution is 0.377. The quantitative estimate of drug-likeness (QED) is 0.282. The van der Waals surface area contributed by atoms with E-state index in [2.05, 4.69) is 6.92 Å². The first-order valence-corrected chi connectivity index (χ1v) is 11.5. The fourth-order valence-electron chi connectivity index (χ4n) is 3.06. The highest BCUT2D eigenvalue weighted by atomic mass is 32.2. The van der Waals surface area contributed by atoms with Crippen LogP contribution in [-0.2, 0) is 10.1 Å². The van der Waals surface area contributed by atoms with Crippen molar-refractivity contribution in [3.8, 4) is 0 Å². The Labute approximate surface area is 151 Å². The van der Waals surface area contributed by atoms with Gasteiger partial charge in [-0.2, -0.15) is 8.42 Å². The SMILES string of the molecule is CCCCCCCCCCCCCCC(CCN(C)C)S(=O)(=O)O. The molecule has 0 rings (SSSR count). The molecule has 0 aliphatic carbocycles. The molecule has 5 heteroatoms. The molecular formula is C19H41NO3S. The van der Waals surface area contributed by atoms with Gasteiger partial charge in [0.1, 0.15) is 0 Å². The average Bonchev–Trinajstić information content (AvgIpc) is 2.49. The van der Waals surface area contributed by atoms with Crippen molar-refractivity contribution in [1.82, 2.24) is 4.90 Å². The maximum atomic E-state index is 11.4. The molecule has 0 aromatic rings. The summed E-state index contributed by atoms with van der Waals surface area (Å²) in [6, 6.07) is 0. The second kappa shape index (κ2) is 15.2. The molecule has 0 aromatic carbocycles. The van der Waals surface area contributed by atoms with E-state index in [9.17, 15) is 13.0 Å². The standard InChI is InChI=1S/C19H41NO3S/c1-4-5-6-7-8-9-10-11-12-13-14-15-16-19(24(21,22)23)17-18-20(2)3/h19H,4-18H2,1-3H3,(H,21,22,23). The molecule has 0 amide bonds. The van der Waals surface area contributed by atoms with Crippen molar-refractivity contribution in [2.24, 2.45) is 0 Å². The molecular weight excluding hydrogens is 322 g/mol. The van der Waals surface area contributed by atoms with Crippen molar-refractivity contribution in [3.05, 3.63) is 0 Å². The zero-order chi connectivity index (χ0) is 18.3. The maximum Gasteiger partial charge on any atom is 0.267 e. The summed E-state index contributed by atoms with van der Waals surface area (Å²) in [6.45, 7) is 2.95. The van der Waals surface area contributed by atoms with Crippen LogP contribution in [-0.4, -0.2) is 43.8 Å². The fourth-order valence-corrected chi connectivity index (χ4v) is 3.93. The number of nitrogens with zero attached hydrogens (tertiary/aromatic N) is 1. The summed E-state index contributed by atoms with van der Waals surface area (Å²) >= 11 is 0. The van der Waals surface area contributed by atoms with Crippen LogP contribution in [0.2, 0.25) is 0 Å². The van der Waals surface area contributed by atoms with Crippen LogP contribution < -0.4 is 0 Å². The first-order valence-electron chi connectivity index (χ1n) is 9.99. The van der Waals surface area contributed by atoms with Gasteiger partial charge in [0.05, 0.1) is 5.25 Å². The molecule has 0 saturated heterocycles. The topological polar surface area (TPSA) is 57.6 Å². The van der Waals surface area contributed by atoms with Gasteiger partial charge in [-0.1, -0.05) is 84.0 Å². The first kappa shape index (κ1) is 23.9. The Morgan fingerprint density at radius 1 is 0.750 bits per heavy atom. The highest BCUT2D eigenvalue weighted by Gasteiger charge is 2.22. The largest absolute Gasteiger partial charge is 0.309 e. The van der Waals surface area contributed by atoms with Gasteiger partial charge in [-0.05, 0) is 33.5 Å². The summed E-state index contributed by atoms with van der Waals surface area (Å²) in [6.07, 6.45) is 16.3. The predicted octanol–water partition coefficient (Wildman–Crippen LogP) is 5.29. The summed E-state index contributed by atoms with van der Waals surface area (Å²) in [4.78, 5) is 1.96. The average molecular weight is 364 g/mol. The highest BCUT2D eigenvalue weighted by Crippen LogP contribution is 2.16. The Morgan fingerprint density at radius 3 is 1.54 bits per heavy atom. The molecule has 24 heavy (non-hydrogen) atoms. The van der Waals surface area contributed by atoms with Gasteiger partial charge in [0.25, 0.3) is 10.1 Å². The van der Waals surface area contributed by atoms with Gasteiger partial charge in [-0.25, -0.2) is 0 Å². The molecule has 0 aliphatic rings. The van der Waals surface area contributed by atoms with Gasteiger partial charge < -0.3 is 4.90 Å². The molecule has 1 unspecified atom stereocenters. The summed E-state index contributed by atoms with van der Waals surface area (Å²) in [5.41, 5.74) is 0. The normalized spacial score (nSPS) is 13.5. The van der Waals surface area contributed by atoms with E-state index in [1.54, 1.807) is 0 Å². The van der Waals surface area contributed by atoms with Gasteiger partial charge in [0.15, 0.2) is 0 Å². The molecule has 0 radical (unpaired) electrons. The number of hydrogen-bond acceptors (Lipinski definition) is 3. The first-order chi connectivity index (χ1) is 11.4. The zero-order valence-corrected chi connectivity index (χ0v) is 17.1. The molecule has 1 N–H and O–H groups in total. The van der Waals surface area contributed by atoms with Crippen LogP contribution in [0.1, 0.15) is 96.8 Å². The van der Waals surface area contributed by atoms with Crippen LogP contribution in [0, 0.1) is 0 Å². The lowest BCUT2D eigenvalue weighted by Crippen LogP contribution is -2.26. The second-order valence-electron chi connectivity index (χ2n) is 7.41. The molecule has 4 nitrogen and oxygen atoms in total. The van der Waals surface area contributed by atoms with Gasteiger partial charge in [0, 0.05) is 0 Å². The zero-order valence-electron chi connectivity index (χ0n) is 16.3. The molecule has 0 saturated carbocycles. The van der Waals surface area contributed by atoms with E-state index in [0.29, 0.717) is 19.4 Å². The van der Waals surface area contributed by atoms with E-state index < -0.39 is 15.4 Å². The van der Waals surface area contributed by atoms with Gasteiger partial charge >= 0.3 is 0 Å². The van der Waals surface area contributed by atoms with E-state index in [4.69, 9.17) is 0 Å². The van der Waals surface area contributed by atoms with Crippen LogP contribution >= 0.6 is 0 Å². The molecule has 0 bridgehead atoms. The lowest BCUT2D eigenvalue weighted by atomic mass is 10.0. The molecule has 0 spiro atoms. The van der Waals surface area contributed by atoms with Crippen molar-refractivity contribution in [2.45, 2.75) is 102 Å². The fraction of sp³-hybridized carbons (Fsp3) is 1.00. The van der Waals surface area contributed by atoms with Gasteiger partial charge in [-0.15, -0.1) is 0 Å². The monoisotopic (exact) mass is 363 g/mol. The Kier molecular flexibility index (Phi) is 15.1. The summed E-state index contributed by atoms with van der Waals surface area (Å²) in [5, 5.41) is -0.594. The van der Waals surface area contributed by atoms with Crippen molar-refractivity contribution >= 4 is 10.1 Å². The van der Waals surface area contributed by atoms with Gasteiger partial charge in [0.2, 0.25) is 0 Å². The second-order valence-corrected chi connectivity index (χ2v) is 9.10. The van der Waals surface area contributed by atoms with Crippen LogP contribution in [0.15, 0.2) is 0 Å². The van der Waals surface area contributed by atoms with Crippen LogP contribution in [0.4, 0.5) is 0 Å². The van der Waals surface area contributed by atoms with Crippen molar-refractivity contribution < 1.29 is 13.0 Å². The lowest BCUT2D eigenvalue weighted by Gasteiger charge is -2.16. The minimum absolute atomic E-state index is 0.518. The van der Waals surface area contributed by atoms with Crippen LogP contribution in [0.25, 0.3) is 0 Å². The molecule has 146 valence electrons. The number of hydrogen-bond donors (Lipinski definition) is 1. The minimum atomic E-state index is -3.90. The number of rotatable bonds is 17. The van der Waals surface area contributed by atoms with E-state index in [1.807, 2.05) is 19.0 Å². The third kappa shape index (κ3) is 15.4. The Morgan fingerprint density at radius 2 is 1.17 bits per heavy atom. The molecule has 0 fully saturated rings. The van der Waals surface area contributed by atoms with Gasteiger partial charge in [-0.3, -0.25) is 4.55 Å². The van der Waals surface area contributed by atoms with Crippen molar-refractivity contribution in [1.29, 1.82) is 0 Å². The Balaban J connectivity index is 3.55. The summed E-state index contributed by atoms with van der Waals surface area (Å²) in [7, 11) is -0.0588. The van der Waals surface area contributed by atoms with Crippen LogP contribution in [0.3, 0.4) is 0 Å². The molecule has 0 aromatic heterocycles. The predicted molar refractivity (Wildman–Crippen MR) is 104 cm³/mol. The summed E-state index contributed by atoms with van der Waals surface area (Å²) < 4.78 is 32.1. The van der Waals surface area contributed by atoms with Crippen LogP contribution in [0.5, 0.6) is 0 Å². The summed E-state index contributed by atoms with van der Waals surface area (Å²) in [5.74, 6) is 0. The van der Waals surface area contributed by atoms with E-state index in [1.165, 1.54) is 64.2 Å². The highest BCUT2D eigenvalue weighted by molar-refractivity contribution is 7.86. The Hall–Kier alpha value is -0.130. The van der Waals surface area contributed by atoms with E-state index in [0.717, 1.165) is 12.8 Å². The van der Waals surface area contributed by atoms with Crippen molar-refractivity contribution in [3.63, 3.8) is 0 Å². The maximum absolute atomic E-state index is 11.4. The van der Waals surface area contributed by atoms with Crippen molar-refractivity contribution in [2.75, 3.05) is 20.6 Å². The molecule has 0 heterocycles. The van der Waals surface area contributed by atoms with E-state index in [-0.39, 0.29) is 0 Å². The Bertz CT molecular complexity index is 369. The third-order valence-corrected chi connectivity index (χ3v) is 6.01. The molecule has 1 atom stereocenters.